The molecule has 0 spiro atoms. The smallest absolute Gasteiger partial charge is 0.0619 e. The molecule has 0 saturated heterocycles. The highest BCUT2D eigenvalue weighted by Crippen LogP contribution is 2.40. The number of hydrogen-bond acceptors (Lipinski definition) is 0. The maximum Gasteiger partial charge on any atom is 0.172 e. The standard InChI is InChI=1S/C21H21S.C20H19S.3C19H17S.C18H15S/c1-16-14-17(2)21(18(3)15-16)22(19-10-6-4-7-11-19)20-12-8-5-9-13-20;1-16-13-14-20(17(2)15-16)21(18-9-5-3-6-10-18)19-11-7-4-8-12-19;1-16-10-8-9-15-19(16)20(17-11-4-2-5-12-17)18-13-6-3-7-14-18;1-16-9-8-14-19(15-16)20(17-10-4-2-5-11-17)18-12-6-3-7-13-18;1-16-12-14-19(15-13-16)20(17-8-4-2-5-9-17)18-10-6-3-7-11-18;1-4-10-16(11-5-1)19(17-12-6-2-7-13-17)18-14-8-3-9-15-18/h4-15H,1-3H3;3-15H,1-2H3;3*2-15H,1H3;1-15H/q6*+1. The van der Waals surface area contributed by atoms with Gasteiger partial charge in [0.05, 0.1) is 65.4 Å². The van der Waals surface area contributed by atoms with Crippen LogP contribution in [0.5, 0.6) is 0 Å². The van der Waals surface area contributed by atoms with Crippen LogP contribution < -0.4 is 0 Å². The van der Waals surface area contributed by atoms with Crippen molar-refractivity contribution in [1.82, 2.24) is 0 Å². The van der Waals surface area contributed by atoms with Gasteiger partial charge in [0, 0.05) is 22.3 Å². The summed E-state index contributed by atoms with van der Waals surface area (Å²) < 4.78 is 0. The van der Waals surface area contributed by atoms with Crippen LogP contribution in [0.1, 0.15) is 44.5 Å². The molecule has 0 amide bonds. The van der Waals surface area contributed by atoms with Crippen molar-refractivity contribution in [1.29, 1.82) is 0 Å². The van der Waals surface area contributed by atoms with E-state index in [0.29, 0.717) is 0 Å². The summed E-state index contributed by atoms with van der Waals surface area (Å²) in [4.78, 5) is 24.8. The summed E-state index contributed by atoms with van der Waals surface area (Å²) in [7, 11) is -0.169. The summed E-state index contributed by atoms with van der Waals surface area (Å²) in [5.74, 6) is 0. The van der Waals surface area contributed by atoms with Crippen molar-refractivity contribution in [2.24, 2.45) is 0 Å². The van der Waals surface area contributed by atoms with Crippen LogP contribution in [0.2, 0.25) is 0 Å². The van der Waals surface area contributed by atoms with Crippen molar-refractivity contribution in [3.05, 3.63) is 542 Å². The third-order valence-electron chi connectivity index (χ3n) is 19.9. The second-order valence-electron chi connectivity index (χ2n) is 29.3. The largest absolute Gasteiger partial charge is 0.172 e. The van der Waals surface area contributed by atoms with E-state index in [9.17, 15) is 0 Å². The van der Waals surface area contributed by atoms with E-state index in [1.54, 1.807) is 0 Å². The molecule has 0 aliphatic carbocycles. The summed E-state index contributed by atoms with van der Waals surface area (Å²) in [6.07, 6.45) is 0. The quantitative estimate of drug-likeness (QED) is 0.0751. The maximum absolute atomic E-state index is 2.30. The molecule has 0 N–H and O–H groups in total. The Hall–Kier alpha value is -11.9. The molecule has 18 aromatic rings. The Morgan fingerprint density at radius 2 is 0.320 bits per heavy atom. The van der Waals surface area contributed by atoms with Crippen molar-refractivity contribution in [2.75, 3.05) is 0 Å². The van der Waals surface area contributed by atoms with Crippen LogP contribution in [0.3, 0.4) is 0 Å². The molecule has 0 aliphatic rings. The zero-order chi connectivity index (χ0) is 84.5. The first-order valence-corrected chi connectivity index (χ1v) is 48.7. The van der Waals surface area contributed by atoms with E-state index in [4.69, 9.17) is 0 Å². The summed E-state index contributed by atoms with van der Waals surface area (Å²) in [6.45, 7) is 17.5. The van der Waals surface area contributed by atoms with Crippen molar-refractivity contribution in [2.45, 2.75) is 144 Å². The minimum atomic E-state index is -0.0460. The highest BCUT2D eigenvalue weighted by atomic mass is 32.2. The lowest BCUT2D eigenvalue weighted by atomic mass is 10.1. The predicted octanol–water partition coefficient (Wildman–Crippen LogP) is 31.2. The predicted molar refractivity (Wildman–Crippen MR) is 527 cm³/mol. The van der Waals surface area contributed by atoms with Gasteiger partial charge in [0.1, 0.15) is 0 Å². The molecular weight excluding hydrogens is 1590 g/mol. The zero-order valence-corrected chi connectivity index (χ0v) is 75.7. The maximum atomic E-state index is 2.30. The van der Waals surface area contributed by atoms with Crippen molar-refractivity contribution < 1.29 is 0 Å². The highest BCUT2D eigenvalue weighted by Gasteiger charge is 2.35. The molecule has 18 aromatic carbocycles. The molecule has 0 radical (unpaired) electrons. The Bertz CT molecular complexity index is 5750. The fraction of sp³-hybridized carbons (Fsp3) is 0.0690. The van der Waals surface area contributed by atoms with Crippen LogP contribution in [0.25, 0.3) is 0 Å². The first kappa shape index (κ1) is 87.9. The fourth-order valence-corrected chi connectivity index (χ4v) is 27.5. The number of benzene rings is 18. The number of aryl methyl sites for hydroxylation is 8. The molecule has 0 fully saturated rings. The monoisotopic (exact) mass is 1690 g/mol. The number of rotatable bonds is 18. The van der Waals surface area contributed by atoms with Crippen molar-refractivity contribution in [3.63, 3.8) is 0 Å². The van der Waals surface area contributed by atoms with Gasteiger partial charge in [-0.1, -0.05) is 320 Å². The van der Waals surface area contributed by atoms with Crippen LogP contribution in [0.4, 0.5) is 0 Å². The summed E-state index contributed by atoms with van der Waals surface area (Å²) >= 11 is 0. The van der Waals surface area contributed by atoms with E-state index in [2.05, 4.69) is 553 Å². The number of hydrogen-bond donors (Lipinski definition) is 0. The average Bonchev–Trinajstić information content (AvgIpc) is 0.787. The van der Waals surface area contributed by atoms with E-state index in [-0.39, 0.29) is 65.4 Å². The van der Waals surface area contributed by atoms with Crippen LogP contribution in [0.15, 0.2) is 586 Å². The fourth-order valence-electron chi connectivity index (χ4n) is 14.3. The Morgan fingerprint density at radius 3 is 0.590 bits per heavy atom. The highest BCUT2D eigenvalue weighted by molar-refractivity contribution is 7.98. The first-order valence-electron chi connectivity index (χ1n) is 41.4. The van der Waals surface area contributed by atoms with Gasteiger partial charge in [-0.2, -0.15) is 0 Å². The van der Waals surface area contributed by atoms with Crippen LogP contribution in [-0.2, 0) is 65.4 Å². The molecule has 600 valence electrons. The Balaban J connectivity index is 0.000000126. The Labute approximate surface area is 744 Å². The molecule has 0 saturated carbocycles. The molecule has 0 aromatic heterocycles. The second kappa shape index (κ2) is 46.2. The summed E-state index contributed by atoms with van der Waals surface area (Å²) in [5.41, 5.74) is 10.8. The first-order chi connectivity index (χ1) is 59.9. The van der Waals surface area contributed by atoms with Crippen LogP contribution in [0, 0.1) is 55.4 Å². The molecule has 0 unspecified atom stereocenters. The lowest BCUT2D eigenvalue weighted by Gasteiger charge is -2.13. The molecule has 0 bridgehead atoms. The molecule has 6 heteroatoms. The summed E-state index contributed by atoms with van der Waals surface area (Å²) in [5, 5.41) is 0. The van der Waals surface area contributed by atoms with Crippen molar-refractivity contribution in [3.8, 4) is 0 Å². The van der Waals surface area contributed by atoms with Crippen molar-refractivity contribution >= 4 is 65.4 Å². The molecule has 18 rings (SSSR count). The SMILES string of the molecule is Cc1cc(C)c([S+](c2ccccc2)c2ccccc2)c(C)c1.Cc1ccc([S+](c2ccccc2)c2ccccc2)c(C)c1.Cc1ccc([S+](c2ccccc2)c2ccccc2)cc1.Cc1cccc([S+](c2ccccc2)c2ccccc2)c1.Cc1ccccc1[S+](c1ccccc1)c1ccccc1.c1ccc([S+](c2ccccc2)c2ccccc2)cc1. The van der Waals surface area contributed by atoms with E-state index >= 15 is 0 Å². The van der Waals surface area contributed by atoms with Gasteiger partial charge in [0.25, 0.3) is 0 Å². The topological polar surface area (TPSA) is 0 Å². The normalized spacial score (nSPS) is 10.7. The van der Waals surface area contributed by atoms with Crippen LogP contribution in [-0.4, -0.2) is 0 Å². The van der Waals surface area contributed by atoms with Crippen LogP contribution >= 0.6 is 0 Å². The van der Waals surface area contributed by atoms with Gasteiger partial charge in [0.15, 0.2) is 88.1 Å². The second-order valence-corrected chi connectivity index (χ2v) is 41.3. The minimum Gasteiger partial charge on any atom is -0.0619 e. The lowest BCUT2D eigenvalue weighted by molar-refractivity contribution is 1.16. The average molecular weight is 1690 g/mol. The van der Waals surface area contributed by atoms with E-state index in [1.165, 1.54) is 133 Å². The van der Waals surface area contributed by atoms with Gasteiger partial charge in [0.2, 0.25) is 0 Å². The molecule has 0 nitrogen and oxygen atoms in total. The molecule has 122 heavy (non-hydrogen) atoms. The Morgan fingerprint density at radius 1 is 0.115 bits per heavy atom. The molecule has 0 heterocycles. The Kier molecular flexibility index (Phi) is 33.3. The van der Waals surface area contributed by atoms with Gasteiger partial charge < -0.3 is 0 Å². The molecular formula is C116H106S6+6. The lowest BCUT2D eigenvalue weighted by Crippen LogP contribution is -2.08. The van der Waals surface area contributed by atoms with Gasteiger partial charge in [-0.3, -0.25) is 0 Å². The summed E-state index contributed by atoms with van der Waals surface area (Å²) in [6, 6.07) is 178. The third kappa shape index (κ3) is 24.7. The van der Waals surface area contributed by atoms with Gasteiger partial charge >= 0.3 is 0 Å². The van der Waals surface area contributed by atoms with Gasteiger partial charge in [-0.15, -0.1) is 0 Å². The molecule has 0 atom stereocenters. The van der Waals surface area contributed by atoms with Gasteiger partial charge in [-0.25, -0.2) is 0 Å². The van der Waals surface area contributed by atoms with E-state index in [1.807, 2.05) is 0 Å². The molecule has 0 aliphatic heterocycles. The van der Waals surface area contributed by atoms with E-state index in [0.717, 1.165) is 0 Å². The third-order valence-corrected chi connectivity index (χ3v) is 33.9. The minimum absolute atomic E-state index is 0.0146. The zero-order valence-electron chi connectivity index (χ0n) is 70.8. The van der Waals surface area contributed by atoms with E-state index < -0.39 is 0 Å². The van der Waals surface area contributed by atoms with Gasteiger partial charge in [-0.05, 0) is 255 Å².